The Balaban J connectivity index is 1.54. The zero-order valence-corrected chi connectivity index (χ0v) is 22.0. The molecule has 1 aromatic heterocycles. The summed E-state index contributed by atoms with van der Waals surface area (Å²) in [4.78, 5) is 31.6. The molecule has 2 heterocycles. The topological polar surface area (TPSA) is 49.9 Å². The zero-order valence-electron chi connectivity index (χ0n) is 20.5. The number of benzene rings is 2. The molecule has 1 aliphatic rings. The van der Waals surface area contributed by atoms with Gasteiger partial charge in [0, 0.05) is 28.6 Å². The predicted molar refractivity (Wildman–Crippen MR) is 141 cm³/mol. The van der Waals surface area contributed by atoms with Crippen molar-refractivity contribution in [1.29, 1.82) is 0 Å². The molecule has 2 atom stereocenters. The third kappa shape index (κ3) is 6.26. The molecule has 0 N–H and O–H groups in total. The maximum atomic E-state index is 13.8. The Morgan fingerprint density at radius 3 is 2.72 bits per heavy atom. The van der Waals surface area contributed by atoms with Crippen LogP contribution in [0.3, 0.4) is 0 Å². The number of halogens is 2. The van der Waals surface area contributed by atoms with Crippen LogP contribution in [0.15, 0.2) is 60.0 Å². The highest BCUT2D eigenvalue weighted by molar-refractivity contribution is 7.10. The highest BCUT2D eigenvalue weighted by Gasteiger charge is 2.34. The van der Waals surface area contributed by atoms with Crippen molar-refractivity contribution < 1.29 is 18.7 Å². The zero-order chi connectivity index (χ0) is 25.7. The number of hydrogen-bond donors (Lipinski definition) is 0. The molecule has 0 unspecified atom stereocenters. The molecule has 0 bridgehead atoms. The van der Waals surface area contributed by atoms with E-state index in [4.69, 9.17) is 16.3 Å². The fourth-order valence-electron chi connectivity index (χ4n) is 4.36. The molecular formula is C28H30ClFN2O3S. The van der Waals surface area contributed by atoms with E-state index >= 15 is 0 Å². The first-order chi connectivity index (χ1) is 17.4. The Labute approximate surface area is 220 Å². The third-order valence-electron chi connectivity index (χ3n) is 6.55. The van der Waals surface area contributed by atoms with Gasteiger partial charge in [0.25, 0.3) is 5.91 Å². The molecule has 0 aliphatic carbocycles. The quantitative estimate of drug-likeness (QED) is 0.330. The van der Waals surface area contributed by atoms with Crippen molar-refractivity contribution in [3.05, 3.63) is 86.8 Å². The second-order valence-corrected chi connectivity index (χ2v) is 10.6. The Kier molecular flexibility index (Phi) is 8.64. The van der Waals surface area contributed by atoms with Crippen molar-refractivity contribution in [2.24, 2.45) is 5.92 Å². The molecule has 8 heteroatoms. The predicted octanol–water partition coefficient (Wildman–Crippen LogP) is 6.23. The average molecular weight is 529 g/mol. The first kappa shape index (κ1) is 26.2. The highest BCUT2D eigenvalue weighted by Crippen LogP contribution is 2.34. The largest absolute Gasteiger partial charge is 0.491 e. The summed E-state index contributed by atoms with van der Waals surface area (Å²) in [5, 5.41) is 2.66. The van der Waals surface area contributed by atoms with Gasteiger partial charge in [-0.1, -0.05) is 37.9 Å². The number of hydrogen-bond acceptors (Lipinski definition) is 4. The second kappa shape index (κ2) is 11.9. The summed E-state index contributed by atoms with van der Waals surface area (Å²) in [5.74, 6) is -0.0935. The minimum atomic E-state index is -0.476. The molecule has 36 heavy (non-hydrogen) atoms. The molecule has 0 spiro atoms. The summed E-state index contributed by atoms with van der Waals surface area (Å²) < 4.78 is 19.9. The van der Waals surface area contributed by atoms with Crippen LogP contribution in [0.2, 0.25) is 5.02 Å². The fourth-order valence-corrected chi connectivity index (χ4v) is 5.42. The smallest absolute Gasteiger partial charge is 0.254 e. The molecule has 1 aliphatic heterocycles. The number of nitrogens with zero attached hydrogens (tertiary/aromatic N) is 2. The van der Waals surface area contributed by atoms with E-state index in [9.17, 15) is 14.0 Å². The number of thiophene rings is 1. The maximum absolute atomic E-state index is 13.8. The fraction of sp³-hybridized carbons (Fsp3) is 0.357. The van der Waals surface area contributed by atoms with E-state index in [1.54, 1.807) is 46.6 Å². The van der Waals surface area contributed by atoms with Crippen LogP contribution >= 0.6 is 22.9 Å². The van der Waals surface area contributed by atoms with Crippen LogP contribution in [0.1, 0.15) is 47.1 Å². The summed E-state index contributed by atoms with van der Waals surface area (Å²) in [6.45, 7) is 5.27. The van der Waals surface area contributed by atoms with Crippen LogP contribution < -0.4 is 4.74 Å². The van der Waals surface area contributed by atoms with Gasteiger partial charge in [0.15, 0.2) is 0 Å². The van der Waals surface area contributed by atoms with E-state index in [0.29, 0.717) is 30.5 Å². The van der Waals surface area contributed by atoms with Crippen molar-refractivity contribution in [2.45, 2.75) is 32.7 Å². The monoisotopic (exact) mass is 528 g/mol. The minimum absolute atomic E-state index is 0.0728. The SMILES string of the molecule is CC[C@@H](C)CN(CC(=O)N1CCc2sccc2[C@H]1COc1ccc(Cl)cc1)C(=O)c1cccc(F)c1. The van der Waals surface area contributed by atoms with Crippen LogP contribution in [0, 0.1) is 11.7 Å². The summed E-state index contributed by atoms with van der Waals surface area (Å²) in [6.07, 6.45) is 1.63. The average Bonchev–Trinajstić information content (AvgIpc) is 3.36. The number of carbonyl (C=O) groups excluding carboxylic acids is 2. The van der Waals surface area contributed by atoms with Crippen LogP contribution in [-0.2, 0) is 11.2 Å². The van der Waals surface area contributed by atoms with E-state index in [1.807, 2.05) is 30.2 Å². The van der Waals surface area contributed by atoms with Crippen LogP contribution in [0.5, 0.6) is 5.75 Å². The molecule has 0 radical (unpaired) electrons. The van der Waals surface area contributed by atoms with E-state index in [2.05, 4.69) is 0 Å². The van der Waals surface area contributed by atoms with Gasteiger partial charge in [-0.15, -0.1) is 11.3 Å². The number of carbonyl (C=O) groups is 2. The molecular weight excluding hydrogens is 499 g/mol. The third-order valence-corrected chi connectivity index (χ3v) is 7.80. The van der Waals surface area contributed by atoms with Gasteiger partial charge >= 0.3 is 0 Å². The molecule has 190 valence electrons. The van der Waals surface area contributed by atoms with Crippen molar-refractivity contribution in [3.8, 4) is 5.75 Å². The van der Waals surface area contributed by atoms with Gasteiger partial charge in [0.05, 0.1) is 6.04 Å². The molecule has 0 saturated carbocycles. The van der Waals surface area contributed by atoms with E-state index in [-0.39, 0.29) is 35.9 Å². The van der Waals surface area contributed by atoms with E-state index in [1.165, 1.54) is 23.1 Å². The molecule has 0 saturated heterocycles. The van der Waals surface area contributed by atoms with Crippen molar-refractivity contribution in [3.63, 3.8) is 0 Å². The molecule has 5 nitrogen and oxygen atoms in total. The normalized spacial score (nSPS) is 15.8. The van der Waals surface area contributed by atoms with Gasteiger partial charge in [-0.2, -0.15) is 0 Å². The molecule has 2 aromatic carbocycles. The summed E-state index contributed by atoms with van der Waals surface area (Å²) in [5.41, 5.74) is 1.32. The standard InChI is InChI=1S/C28H30ClFN2O3S/c1-3-19(2)16-31(28(34)20-5-4-6-22(30)15-20)17-27(33)32-13-11-26-24(12-14-36-26)25(32)18-35-23-9-7-21(29)8-10-23/h4-10,12,14-15,19,25H,3,11,13,16-18H2,1-2H3/t19-,25-/m1/s1. The second-order valence-electron chi connectivity index (χ2n) is 9.13. The van der Waals surface area contributed by atoms with Crippen LogP contribution in [0.4, 0.5) is 4.39 Å². The van der Waals surface area contributed by atoms with Gasteiger partial charge in [-0.05, 0) is 71.8 Å². The first-order valence-corrected chi connectivity index (χ1v) is 13.4. The van der Waals surface area contributed by atoms with Crippen LogP contribution in [0.25, 0.3) is 0 Å². The highest BCUT2D eigenvalue weighted by atomic mass is 35.5. The van der Waals surface area contributed by atoms with Gasteiger partial charge < -0.3 is 14.5 Å². The number of amides is 2. The lowest BCUT2D eigenvalue weighted by atomic mass is 10.00. The van der Waals surface area contributed by atoms with Gasteiger partial charge in [-0.3, -0.25) is 9.59 Å². The molecule has 0 fully saturated rings. The lowest BCUT2D eigenvalue weighted by molar-refractivity contribution is -0.135. The summed E-state index contributed by atoms with van der Waals surface area (Å²) >= 11 is 7.68. The number of rotatable bonds is 9. The molecule has 4 rings (SSSR count). The Morgan fingerprint density at radius 2 is 2.00 bits per heavy atom. The van der Waals surface area contributed by atoms with Crippen molar-refractivity contribution in [2.75, 3.05) is 26.2 Å². The van der Waals surface area contributed by atoms with E-state index in [0.717, 1.165) is 18.4 Å². The Bertz CT molecular complexity index is 1200. The summed E-state index contributed by atoms with van der Waals surface area (Å²) in [7, 11) is 0. The van der Waals surface area contributed by atoms with Gasteiger partial charge in [0.2, 0.25) is 5.91 Å². The Hall–Kier alpha value is -2.90. The molecule has 3 aromatic rings. The van der Waals surface area contributed by atoms with Crippen molar-refractivity contribution >= 4 is 34.8 Å². The van der Waals surface area contributed by atoms with Gasteiger partial charge in [-0.25, -0.2) is 4.39 Å². The molecule has 2 amide bonds. The Morgan fingerprint density at radius 1 is 1.22 bits per heavy atom. The lowest BCUT2D eigenvalue weighted by Crippen LogP contribution is -2.48. The minimum Gasteiger partial charge on any atom is -0.491 e. The number of fused-ring (bicyclic) bond motifs is 1. The van der Waals surface area contributed by atoms with Gasteiger partial charge in [0.1, 0.15) is 24.7 Å². The van der Waals surface area contributed by atoms with Crippen molar-refractivity contribution in [1.82, 2.24) is 9.80 Å². The number of ether oxygens (including phenoxy) is 1. The maximum Gasteiger partial charge on any atom is 0.254 e. The van der Waals surface area contributed by atoms with Crippen LogP contribution in [-0.4, -0.2) is 47.9 Å². The first-order valence-electron chi connectivity index (χ1n) is 12.1. The summed E-state index contributed by atoms with van der Waals surface area (Å²) in [6, 6.07) is 14.5. The van der Waals surface area contributed by atoms with E-state index < -0.39 is 5.82 Å². The lowest BCUT2D eigenvalue weighted by Gasteiger charge is -2.37.